The maximum atomic E-state index is 5.68. The number of methoxy groups -OCH3 is 2. The summed E-state index contributed by atoms with van der Waals surface area (Å²) < 4.78 is 11.3. The number of ether oxygens (including phenoxy) is 2. The molecule has 0 amide bonds. The van der Waals surface area contributed by atoms with Crippen molar-refractivity contribution in [3.8, 4) is 5.75 Å². The van der Waals surface area contributed by atoms with E-state index in [0.717, 1.165) is 25.1 Å². The van der Waals surface area contributed by atoms with Crippen molar-refractivity contribution in [2.45, 2.75) is 52.7 Å². The van der Waals surface area contributed by atoms with Crippen molar-refractivity contribution in [2.75, 3.05) is 20.8 Å². The zero-order valence-corrected chi connectivity index (χ0v) is 13.7. The van der Waals surface area contributed by atoms with E-state index in [2.05, 4.69) is 45.1 Å². The summed E-state index contributed by atoms with van der Waals surface area (Å²) in [5.41, 5.74) is 3.70. The molecule has 0 saturated heterocycles. The monoisotopic (exact) mass is 279 g/mol. The van der Waals surface area contributed by atoms with E-state index in [0.29, 0.717) is 0 Å². The molecular weight excluding hydrogens is 250 g/mol. The number of rotatable bonds is 8. The summed E-state index contributed by atoms with van der Waals surface area (Å²) >= 11 is 0. The summed E-state index contributed by atoms with van der Waals surface area (Å²) in [5, 5.41) is 3.62. The van der Waals surface area contributed by atoms with Crippen molar-refractivity contribution in [1.29, 1.82) is 0 Å². The first kappa shape index (κ1) is 17.0. The predicted octanol–water partition coefficient (Wildman–Crippen LogP) is 3.78. The van der Waals surface area contributed by atoms with Crippen LogP contribution in [0.4, 0.5) is 0 Å². The summed E-state index contributed by atoms with van der Waals surface area (Å²) in [4.78, 5) is 0. The molecule has 1 aromatic carbocycles. The minimum absolute atomic E-state index is 0.150. The van der Waals surface area contributed by atoms with Gasteiger partial charge in [0.2, 0.25) is 0 Å². The Morgan fingerprint density at radius 1 is 1.15 bits per heavy atom. The Bertz CT molecular complexity index is 414. The van der Waals surface area contributed by atoms with Crippen LogP contribution < -0.4 is 10.1 Å². The molecule has 0 aliphatic rings. The topological polar surface area (TPSA) is 30.5 Å². The molecule has 0 aromatic heterocycles. The summed E-state index contributed by atoms with van der Waals surface area (Å²) in [6, 6.07) is 4.48. The Labute approximate surface area is 123 Å². The van der Waals surface area contributed by atoms with E-state index in [1.54, 1.807) is 14.2 Å². The van der Waals surface area contributed by atoms with Crippen molar-refractivity contribution in [3.63, 3.8) is 0 Å². The van der Waals surface area contributed by atoms with Gasteiger partial charge in [-0.05, 0) is 50.4 Å². The van der Waals surface area contributed by atoms with Crippen LogP contribution in [0.2, 0.25) is 0 Å². The molecule has 1 N–H and O–H groups in total. The Morgan fingerprint density at radius 3 is 2.35 bits per heavy atom. The first-order valence-electron chi connectivity index (χ1n) is 7.50. The normalized spacial score (nSPS) is 14.1. The Hall–Kier alpha value is -1.06. The van der Waals surface area contributed by atoms with E-state index < -0.39 is 0 Å². The van der Waals surface area contributed by atoms with Crippen LogP contribution in [0, 0.1) is 13.8 Å². The van der Waals surface area contributed by atoms with E-state index >= 15 is 0 Å². The third-order valence-electron chi connectivity index (χ3n) is 3.72. The predicted molar refractivity (Wildman–Crippen MR) is 84.6 cm³/mol. The SMILES string of the molecule is CCCNC(c1c(C)cc(C)cc1OC)C(CC)OC. The molecule has 0 spiro atoms. The second-order valence-corrected chi connectivity index (χ2v) is 5.31. The summed E-state index contributed by atoms with van der Waals surface area (Å²) in [5.74, 6) is 0.951. The van der Waals surface area contributed by atoms with Gasteiger partial charge in [-0.3, -0.25) is 0 Å². The average Bonchev–Trinajstić information content (AvgIpc) is 2.43. The molecular formula is C17H29NO2. The highest BCUT2D eigenvalue weighted by Crippen LogP contribution is 2.33. The van der Waals surface area contributed by atoms with Crippen LogP contribution in [0.3, 0.4) is 0 Å². The molecule has 114 valence electrons. The molecule has 3 heteroatoms. The lowest BCUT2D eigenvalue weighted by Crippen LogP contribution is -2.34. The van der Waals surface area contributed by atoms with E-state index in [9.17, 15) is 0 Å². The van der Waals surface area contributed by atoms with Crippen LogP contribution in [-0.4, -0.2) is 26.9 Å². The van der Waals surface area contributed by atoms with Crippen LogP contribution in [0.25, 0.3) is 0 Å². The van der Waals surface area contributed by atoms with Gasteiger partial charge in [-0.2, -0.15) is 0 Å². The largest absolute Gasteiger partial charge is 0.496 e. The fraction of sp³-hybridized carbons (Fsp3) is 0.647. The lowest BCUT2D eigenvalue weighted by atomic mass is 9.93. The molecule has 0 aliphatic heterocycles. The number of aryl methyl sites for hydroxylation is 2. The number of hydrogen-bond donors (Lipinski definition) is 1. The van der Waals surface area contributed by atoms with Crippen molar-refractivity contribution >= 4 is 0 Å². The minimum Gasteiger partial charge on any atom is -0.496 e. The smallest absolute Gasteiger partial charge is 0.124 e. The highest BCUT2D eigenvalue weighted by atomic mass is 16.5. The zero-order valence-electron chi connectivity index (χ0n) is 13.7. The molecule has 0 saturated carbocycles. The minimum atomic E-state index is 0.150. The molecule has 20 heavy (non-hydrogen) atoms. The fourth-order valence-corrected chi connectivity index (χ4v) is 2.76. The fourth-order valence-electron chi connectivity index (χ4n) is 2.76. The molecule has 1 rings (SSSR count). The van der Waals surface area contributed by atoms with Crippen molar-refractivity contribution in [2.24, 2.45) is 0 Å². The first-order valence-corrected chi connectivity index (χ1v) is 7.50. The highest BCUT2D eigenvalue weighted by molar-refractivity contribution is 5.45. The first-order chi connectivity index (χ1) is 9.58. The van der Waals surface area contributed by atoms with Crippen molar-refractivity contribution in [1.82, 2.24) is 5.32 Å². The summed E-state index contributed by atoms with van der Waals surface area (Å²) in [6.07, 6.45) is 2.22. The van der Waals surface area contributed by atoms with Gasteiger partial charge in [0, 0.05) is 12.7 Å². The maximum absolute atomic E-state index is 5.68. The van der Waals surface area contributed by atoms with Gasteiger partial charge in [-0.25, -0.2) is 0 Å². The highest BCUT2D eigenvalue weighted by Gasteiger charge is 2.25. The van der Waals surface area contributed by atoms with E-state index in [1.807, 2.05) is 0 Å². The number of benzene rings is 1. The van der Waals surface area contributed by atoms with Gasteiger partial charge >= 0.3 is 0 Å². The maximum Gasteiger partial charge on any atom is 0.124 e. The summed E-state index contributed by atoms with van der Waals surface area (Å²) in [7, 11) is 3.52. The zero-order chi connectivity index (χ0) is 15.1. The Morgan fingerprint density at radius 2 is 1.85 bits per heavy atom. The molecule has 2 atom stereocenters. The molecule has 2 unspecified atom stereocenters. The molecule has 0 heterocycles. The van der Waals surface area contributed by atoms with Gasteiger partial charge in [0.15, 0.2) is 0 Å². The molecule has 0 aliphatic carbocycles. The molecule has 0 bridgehead atoms. The second-order valence-electron chi connectivity index (χ2n) is 5.31. The molecule has 1 aromatic rings. The molecule has 3 nitrogen and oxygen atoms in total. The number of nitrogens with one attached hydrogen (secondary N) is 1. The Balaban J connectivity index is 3.24. The van der Waals surface area contributed by atoms with Crippen molar-refractivity contribution < 1.29 is 9.47 Å². The summed E-state index contributed by atoms with van der Waals surface area (Å²) in [6.45, 7) is 9.55. The van der Waals surface area contributed by atoms with Crippen LogP contribution in [0.1, 0.15) is 49.4 Å². The van der Waals surface area contributed by atoms with Gasteiger partial charge < -0.3 is 14.8 Å². The number of hydrogen-bond acceptors (Lipinski definition) is 3. The lowest BCUT2D eigenvalue weighted by Gasteiger charge is -2.29. The Kier molecular flexibility index (Phi) is 7.03. The van der Waals surface area contributed by atoms with E-state index in [1.165, 1.54) is 16.7 Å². The quantitative estimate of drug-likeness (QED) is 0.785. The van der Waals surface area contributed by atoms with Crippen LogP contribution in [0.5, 0.6) is 5.75 Å². The third-order valence-corrected chi connectivity index (χ3v) is 3.72. The molecule has 0 fully saturated rings. The van der Waals surface area contributed by atoms with Gasteiger partial charge in [0.05, 0.1) is 19.3 Å². The van der Waals surface area contributed by atoms with E-state index in [-0.39, 0.29) is 12.1 Å². The van der Waals surface area contributed by atoms with Gasteiger partial charge in [0.25, 0.3) is 0 Å². The van der Waals surface area contributed by atoms with Gasteiger partial charge in [-0.1, -0.05) is 19.9 Å². The third kappa shape index (κ3) is 3.97. The standard InChI is InChI=1S/C17H29NO2/c1-7-9-18-17(14(8-2)19-5)16-13(4)10-12(3)11-15(16)20-6/h10-11,14,17-18H,7-9H2,1-6H3. The van der Waals surface area contributed by atoms with Crippen LogP contribution in [0.15, 0.2) is 12.1 Å². The average molecular weight is 279 g/mol. The van der Waals surface area contributed by atoms with Crippen LogP contribution in [-0.2, 0) is 4.74 Å². The molecule has 0 radical (unpaired) electrons. The van der Waals surface area contributed by atoms with Gasteiger partial charge in [-0.15, -0.1) is 0 Å². The van der Waals surface area contributed by atoms with Gasteiger partial charge in [0.1, 0.15) is 5.75 Å². The lowest BCUT2D eigenvalue weighted by molar-refractivity contribution is 0.0640. The van der Waals surface area contributed by atoms with E-state index in [4.69, 9.17) is 9.47 Å². The van der Waals surface area contributed by atoms with Crippen LogP contribution >= 0.6 is 0 Å². The second kappa shape index (κ2) is 8.28. The van der Waals surface area contributed by atoms with Crippen molar-refractivity contribution in [3.05, 3.63) is 28.8 Å².